The average Bonchev–Trinajstić information content (AvgIpc) is 2.68. The van der Waals surface area contributed by atoms with E-state index in [-0.39, 0.29) is 30.4 Å². The van der Waals surface area contributed by atoms with Gasteiger partial charge in [0.05, 0.1) is 36.2 Å². The van der Waals surface area contributed by atoms with Gasteiger partial charge in [0.15, 0.2) is 14.6 Å². The van der Waals surface area contributed by atoms with Gasteiger partial charge in [-0.2, -0.15) is 5.26 Å². The van der Waals surface area contributed by atoms with Crippen molar-refractivity contribution in [3.8, 4) is 6.07 Å². The fourth-order valence-corrected chi connectivity index (χ4v) is 5.69. The Balaban J connectivity index is 2.04. The molecule has 2 heterocycles. The summed E-state index contributed by atoms with van der Waals surface area (Å²) in [4.78, 5) is 12.1. The van der Waals surface area contributed by atoms with E-state index in [0.29, 0.717) is 13.0 Å². The summed E-state index contributed by atoms with van der Waals surface area (Å²) in [5.41, 5.74) is 0. The Kier molecular flexibility index (Phi) is 5.84. The number of esters is 1. The smallest absolute Gasteiger partial charge is 0.308 e. The minimum absolute atomic E-state index is 0.0262. The first-order valence-electron chi connectivity index (χ1n) is 9.08. The third kappa shape index (κ3) is 3.59. The van der Waals surface area contributed by atoms with Gasteiger partial charge in [0.25, 0.3) is 0 Å². The number of hydrogen-bond acceptors (Lipinski definition) is 7. The SMILES string of the molecule is CCOC(=O)C[C@H]1O[C@H]2CCCO[C@@H]2C[C@]1(C#N)S(=O)(=O)c1ccccc1. The average molecular weight is 393 g/mol. The Morgan fingerprint density at radius 3 is 2.74 bits per heavy atom. The minimum Gasteiger partial charge on any atom is -0.466 e. The van der Waals surface area contributed by atoms with Crippen molar-refractivity contribution in [1.29, 1.82) is 5.26 Å². The first-order valence-corrected chi connectivity index (χ1v) is 10.6. The van der Waals surface area contributed by atoms with E-state index in [4.69, 9.17) is 14.2 Å². The van der Waals surface area contributed by atoms with Gasteiger partial charge < -0.3 is 14.2 Å². The molecule has 0 aromatic heterocycles. The third-order valence-corrected chi connectivity index (χ3v) is 7.50. The Morgan fingerprint density at radius 2 is 2.07 bits per heavy atom. The van der Waals surface area contributed by atoms with Gasteiger partial charge in [-0.05, 0) is 31.9 Å². The molecular formula is C19H23NO6S. The van der Waals surface area contributed by atoms with Crippen LogP contribution in [0.5, 0.6) is 0 Å². The van der Waals surface area contributed by atoms with Crippen molar-refractivity contribution in [2.45, 2.75) is 60.6 Å². The van der Waals surface area contributed by atoms with Gasteiger partial charge in [-0.3, -0.25) is 4.79 Å². The first-order chi connectivity index (χ1) is 12.9. The second-order valence-electron chi connectivity index (χ2n) is 6.75. The normalized spacial score (nSPS) is 30.7. The van der Waals surface area contributed by atoms with Crippen LogP contribution in [0.3, 0.4) is 0 Å². The van der Waals surface area contributed by atoms with Crippen LogP contribution in [0.2, 0.25) is 0 Å². The van der Waals surface area contributed by atoms with Crippen LogP contribution in [-0.4, -0.2) is 50.7 Å². The minimum atomic E-state index is -4.11. The molecule has 0 amide bonds. The summed E-state index contributed by atoms with van der Waals surface area (Å²) >= 11 is 0. The van der Waals surface area contributed by atoms with E-state index in [9.17, 15) is 18.5 Å². The second-order valence-corrected chi connectivity index (χ2v) is 8.95. The van der Waals surface area contributed by atoms with E-state index in [1.807, 2.05) is 6.07 Å². The Morgan fingerprint density at radius 1 is 1.33 bits per heavy atom. The standard InChI is InChI=1S/C19H23NO6S/c1-2-24-18(21)11-17-19(13-20,12-16-15(26-17)9-6-10-25-16)27(22,23)14-7-4-3-5-8-14/h3-5,7-8,15-17H,2,6,9-12H2,1H3/t15-,16+,17+,19+/m0/s1. The van der Waals surface area contributed by atoms with Crippen LogP contribution >= 0.6 is 0 Å². The zero-order chi connectivity index (χ0) is 19.5. The van der Waals surface area contributed by atoms with E-state index < -0.39 is 32.8 Å². The largest absolute Gasteiger partial charge is 0.466 e. The highest BCUT2D eigenvalue weighted by Gasteiger charge is 2.59. The van der Waals surface area contributed by atoms with E-state index in [0.717, 1.165) is 6.42 Å². The van der Waals surface area contributed by atoms with E-state index in [2.05, 4.69) is 0 Å². The van der Waals surface area contributed by atoms with Gasteiger partial charge in [-0.25, -0.2) is 8.42 Å². The van der Waals surface area contributed by atoms with Gasteiger partial charge in [-0.15, -0.1) is 0 Å². The van der Waals surface area contributed by atoms with E-state index in [1.165, 1.54) is 12.1 Å². The van der Waals surface area contributed by atoms with Crippen molar-refractivity contribution in [1.82, 2.24) is 0 Å². The second kappa shape index (κ2) is 7.97. The van der Waals surface area contributed by atoms with Gasteiger partial charge >= 0.3 is 5.97 Å². The van der Waals surface area contributed by atoms with Crippen molar-refractivity contribution >= 4 is 15.8 Å². The number of carbonyl (C=O) groups is 1. The molecule has 0 aliphatic carbocycles. The number of rotatable bonds is 5. The topological polar surface area (TPSA) is 103 Å². The Bertz CT molecular complexity index is 818. The predicted octanol–water partition coefficient (Wildman–Crippen LogP) is 2.01. The summed E-state index contributed by atoms with van der Waals surface area (Å²) < 4.78 is 41.7. The molecule has 0 radical (unpaired) electrons. The molecule has 1 aromatic rings. The molecule has 0 bridgehead atoms. The van der Waals surface area contributed by atoms with Crippen LogP contribution in [0.25, 0.3) is 0 Å². The molecule has 1 aromatic carbocycles. The number of carbonyl (C=O) groups excluding carboxylic acids is 1. The van der Waals surface area contributed by atoms with Crippen LogP contribution in [0.4, 0.5) is 0 Å². The molecule has 0 saturated carbocycles. The molecule has 4 atom stereocenters. The lowest BCUT2D eigenvalue weighted by molar-refractivity contribution is -0.179. The monoisotopic (exact) mass is 393 g/mol. The lowest BCUT2D eigenvalue weighted by Gasteiger charge is -2.46. The highest BCUT2D eigenvalue weighted by atomic mass is 32.2. The summed E-state index contributed by atoms with van der Waals surface area (Å²) in [6.07, 6.45) is -0.767. The molecule has 0 N–H and O–H groups in total. The number of ether oxygens (including phenoxy) is 3. The van der Waals surface area contributed by atoms with Gasteiger partial charge in [0, 0.05) is 13.0 Å². The lowest BCUT2D eigenvalue weighted by atomic mass is 9.85. The van der Waals surface area contributed by atoms with Gasteiger partial charge in [0.1, 0.15) is 6.10 Å². The van der Waals surface area contributed by atoms with Gasteiger partial charge in [-0.1, -0.05) is 18.2 Å². The molecule has 2 saturated heterocycles. The van der Waals surface area contributed by atoms with Crippen molar-refractivity contribution in [3.63, 3.8) is 0 Å². The number of fused-ring (bicyclic) bond motifs is 1. The summed E-state index contributed by atoms with van der Waals surface area (Å²) in [6, 6.07) is 9.78. The molecule has 146 valence electrons. The zero-order valence-corrected chi connectivity index (χ0v) is 16.0. The highest BCUT2D eigenvalue weighted by Crippen LogP contribution is 2.43. The van der Waals surface area contributed by atoms with Crippen LogP contribution in [0.15, 0.2) is 35.2 Å². The molecule has 2 aliphatic rings. The van der Waals surface area contributed by atoms with Gasteiger partial charge in [0.2, 0.25) is 0 Å². The summed E-state index contributed by atoms with van der Waals surface area (Å²) in [5.74, 6) is -0.583. The predicted molar refractivity (Wildman–Crippen MR) is 95.5 cm³/mol. The molecule has 0 unspecified atom stereocenters. The van der Waals surface area contributed by atoms with E-state index in [1.54, 1.807) is 25.1 Å². The Labute approximate surface area is 159 Å². The Hall–Kier alpha value is -1.95. The molecule has 2 aliphatic heterocycles. The maximum Gasteiger partial charge on any atom is 0.308 e. The van der Waals surface area contributed by atoms with Crippen LogP contribution < -0.4 is 0 Å². The third-order valence-electron chi connectivity index (χ3n) is 5.12. The van der Waals surface area contributed by atoms with Crippen LogP contribution in [0.1, 0.15) is 32.6 Å². The first kappa shape index (κ1) is 19.8. The number of hydrogen-bond donors (Lipinski definition) is 0. The number of benzene rings is 1. The molecule has 3 rings (SSSR count). The molecule has 8 heteroatoms. The molecular weight excluding hydrogens is 370 g/mol. The lowest BCUT2D eigenvalue weighted by Crippen LogP contribution is -2.61. The van der Waals surface area contributed by atoms with Crippen LogP contribution in [0, 0.1) is 11.3 Å². The van der Waals surface area contributed by atoms with Crippen molar-refractivity contribution in [2.24, 2.45) is 0 Å². The number of nitriles is 1. The summed E-state index contributed by atoms with van der Waals surface area (Å²) in [7, 11) is -4.11. The fraction of sp³-hybridized carbons (Fsp3) is 0.579. The number of sulfone groups is 1. The summed E-state index contributed by atoms with van der Waals surface area (Å²) in [6.45, 7) is 2.34. The van der Waals surface area contributed by atoms with Crippen molar-refractivity contribution in [3.05, 3.63) is 30.3 Å². The maximum atomic E-state index is 13.5. The van der Waals surface area contributed by atoms with E-state index >= 15 is 0 Å². The highest BCUT2D eigenvalue weighted by molar-refractivity contribution is 7.93. The fourth-order valence-electron chi connectivity index (χ4n) is 3.76. The quantitative estimate of drug-likeness (QED) is 0.705. The molecule has 0 spiro atoms. The molecule has 27 heavy (non-hydrogen) atoms. The molecule has 2 fully saturated rings. The van der Waals surface area contributed by atoms with Crippen molar-refractivity contribution < 1.29 is 27.4 Å². The van der Waals surface area contributed by atoms with Crippen LogP contribution in [-0.2, 0) is 28.8 Å². The van der Waals surface area contributed by atoms with Crippen molar-refractivity contribution in [2.75, 3.05) is 13.2 Å². The zero-order valence-electron chi connectivity index (χ0n) is 15.2. The molecule has 7 nitrogen and oxygen atoms in total. The summed E-state index contributed by atoms with van der Waals surface area (Å²) in [5, 5.41) is 10.0. The maximum absolute atomic E-state index is 13.5. The number of nitrogens with zero attached hydrogens (tertiary/aromatic N) is 1.